The van der Waals surface area contributed by atoms with Crippen molar-refractivity contribution in [3.63, 3.8) is 0 Å². The summed E-state index contributed by atoms with van der Waals surface area (Å²) in [6, 6.07) is 10.4. The number of nitrogens with two attached hydrogens (primary N) is 2. The van der Waals surface area contributed by atoms with Crippen molar-refractivity contribution in [1.82, 2.24) is 4.98 Å². The number of thiazole rings is 1. The van der Waals surface area contributed by atoms with E-state index in [-0.39, 0.29) is 5.91 Å². The molecule has 0 radical (unpaired) electrons. The molecule has 0 atom stereocenters. The van der Waals surface area contributed by atoms with Crippen LogP contribution in [0.4, 0.5) is 17.1 Å². The summed E-state index contributed by atoms with van der Waals surface area (Å²) < 4.78 is 1.04. The lowest BCUT2D eigenvalue weighted by Crippen LogP contribution is -2.12. The van der Waals surface area contributed by atoms with E-state index in [0.717, 1.165) is 20.9 Å². The van der Waals surface area contributed by atoms with Gasteiger partial charge in [0.1, 0.15) is 0 Å². The molecule has 0 saturated heterocycles. The van der Waals surface area contributed by atoms with Crippen LogP contribution in [0.3, 0.4) is 0 Å². The summed E-state index contributed by atoms with van der Waals surface area (Å²) in [5, 5.41) is 3.84. The number of anilines is 3. The average Bonchev–Trinajstić information content (AvgIpc) is 2.77. The van der Waals surface area contributed by atoms with E-state index in [9.17, 15) is 4.79 Å². The summed E-state index contributed by atoms with van der Waals surface area (Å²) in [4.78, 5) is 16.6. The number of nitrogen functional groups attached to an aromatic ring is 2. The largest absolute Gasteiger partial charge is 0.399 e. The first kappa shape index (κ1) is 13.4. The number of carbonyl (C=O) groups excluding carboxylic acids is 1. The van der Waals surface area contributed by atoms with E-state index in [0.29, 0.717) is 16.9 Å². The third kappa shape index (κ3) is 2.80. The van der Waals surface area contributed by atoms with Crippen LogP contribution < -0.4 is 16.8 Å². The molecular formula is C15H14N4OS. The van der Waals surface area contributed by atoms with E-state index in [4.69, 9.17) is 11.5 Å². The first-order valence-corrected chi connectivity index (χ1v) is 7.17. The predicted molar refractivity (Wildman–Crippen MR) is 87.6 cm³/mol. The van der Waals surface area contributed by atoms with Gasteiger partial charge in [-0.3, -0.25) is 4.79 Å². The quantitative estimate of drug-likeness (QED) is 0.634. The van der Waals surface area contributed by atoms with Gasteiger partial charge in [-0.2, -0.15) is 0 Å². The lowest BCUT2D eigenvalue weighted by atomic mass is 10.1. The molecule has 0 aliphatic carbocycles. The van der Waals surface area contributed by atoms with Gasteiger partial charge in [-0.05, 0) is 43.3 Å². The summed E-state index contributed by atoms with van der Waals surface area (Å²) in [5.74, 6) is -0.241. The fourth-order valence-corrected chi connectivity index (χ4v) is 2.99. The molecule has 5 nitrogen and oxygen atoms in total. The molecule has 1 heterocycles. The van der Waals surface area contributed by atoms with Gasteiger partial charge < -0.3 is 16.8 Å². The number of aryl methyl sites for hydroxylation is 1. The molecule has 1 aromatic heterocycles. The normalized spacial score (nSPS) is 10.7. The van der Waals surface area contributed by atoms with E-state index >= 15 is 0 Å². The number of aromatic nitrogens is 1. The number of benzene rings is 2. The van der Waals surface area contributed by atoms with Crippen LogP contribution >= 0.6 is 11.3 Å². The van der Waals surface area contributed by atoms with Crippen molar-refractivity contribution in [2.24, 2.45) is 0 Å². The number of hydrogen-bond acceptors (Lipinski definition) is 5. The molecule has 5 N–H and O–H groups in total. The molecule has 0 aliphatic heterocycles. The van der Waals surface area contributed by atoms with Gasteiger partial charge in [-0.15, -0.1) is 11.3 Å². The van der Waals surface area contributed by atoms with Crippen molar-refractivity contribution in [1.29, 1.82) is 0 Å². The van der Waals surface area contributed by atoms with Crippen LogP contribution in [0.5, 0.6) is 0 Å². The second kappa shape index (κ2) is 5.06. The minimum atomic E-state index is -0.241. The Balaban J connectivity index is 1.88. The summed E-state index contributed by atoms with van der Waals surface area (Å²) in [6.45, 7) is 1.96. The third-order valence-electron chi connectivity index (χ3n) is 2.99. The molecule has 106 valence electrons. The Hall–Kier alpha value is -2.60. The summed E-state index contributed by atoms with van der Waals surface area (Å²) >= 11 is 1.59. The third-order valence-corrected chi connectivity index (χ3v) is 3.93. The highest BCUT2D eigenvalue weighted by atomic mass is 32.1. The van der Waals surface area contributed by atoms with Crippen molar-refractivity contribution in [2.45, 2.75) is 6.92 Å². The summed E-state index contributed by atoms with van der Waals surface area (Å²) in [7, 11) is 0. The van der Waals surface area contributed by atoms with Crippen LogP contribution in [0, 0.1) is 6.92 Å². The van der Waals surface area contributed by atoms with Crippen molar-refractivity contribution >= 4 is 44.5 Å². The van der Waals surface area contributed by atoms with Gasteiger partial charge in [-0.1, -0.05) is 0 Å². The van der Waals surface area contributed by atoms with Gasteiger partial charge in [0.2, 0.25) is 0 Å². The lowest BCUT2D eigenvalue weighted by Gasteiger charge is -2.07. The van der Waals surface area contributed by atoms with E-state index in [1.165, 1.54) is 0 Å². The maximum absolute atomic E-state index is 12.2. The first-order valence-electron chi connectivity index (χ1n) is 6.36. The van der Waals surface area contributed by atoms with Gasteiger partial charge in [0, 0.05) is 22.6 Å². The monoisotopic (exact) mass is 298 g/mol. The second-order valence-electron chi connectivity index (χ2n) is 4.76. The van der Waals surface area contributed by atoms with Crippen LogP contribution in [0.15, 0.2) is 36.4 Å². The fraction of sp³-hybridized carbons (Fsp3) is 0.0667. The van der Waals surface area contributed by atoms with Gasteiger partial charge in [0.05, 0.1) is 15.2 Å². The Labute approximate surface area is 125 Å². The Kier molecular flexibility index (Phi) is 3.23. The Morgan fingerprint density at radius 3 is 2.57 bits per heavy atom. The molecular weight excluding hydrogens is 284 g/mol. The molecule has 6 heteroatoms. The Bertz CT molecular complexity index is 821. The van der Waals surface area contributed by atoms with Gasteiger partial charge in [0.15, 0.2) is 0 Å². The van der Waals surface area contributed by atoms with Gasteiger partial charge >= 0.3 is 0 Å². The number of nitrogens with zero attached hydrogens (tertiary/aromatic N) is 1. The van der Waals surface area contributed by atoms with E-state index < -0.39 is 0 Å². The van der Waals surface area contributed by atoms with Gasteiger partial charge in [0.25, 0.3) is 5.91 Å². The Morgan fingerprint density at radius 2 is 1.86 bits per heavy atom. The number of fused-ring (bicyclic) bond motifs is 1. The van der Waals surface area contributed by atoms with Gasteiger partial charge in [-0.25, -0.2) is 4.98 Å². The topological polar surface area (TPSA) is 94.0 Å². The summed E-state index contributed by atoms with van der Waals surface area (Å²) in [6.07, 6.45) is 0. The zero-order valence-corrected chi connectivity index (χ0v) is 12.2. The molecule has 1 amide bonds. The van der Waals surface area contributed by atoms with Crippen LogP contribution in [0.2, 0.25) is 0 Å². The number of nitrogens with one attached hydrogen (secondary N) is 1. The minimum absolute atomic E-state index is 0.241. The maximum Gasteiger partial charge on any atom is 0.255 e. The number of amides is 1. The van der Waals surface area contributed by atoms with E-state index in [1.54, 1.807) is 29.5 Å². The SMILES string of the molecule is Cc1nc2ccc(NC(=O)c3cc(N)cc(N)c3)cc2s1. The van der Waals surface area contributed by atoms with E-state index in [1.807, 2.05) is 25.1 Å². The number of carbonyl (C=O) groups is 1. The molecule has 0 bridgehead atoms. The highest BCUT2D eigenvalue weighted by molar-refractivity contribution is 7.18. The highest BCUT2D eigenvalue weighted by Gasteiger charge is 2.09. The van der Waals surface area contributed by atoms with Crippen LogP contribution in [0.25, 0.3) is 10.2 Å². The minimum Gasteiger partial charge on any atom is -0.399 e. The molecule has 3 rings (SSSR count). The zero-order valence-electron chi connectivity index (χ0n) is 11.4. The van der Waals surface area contributed by atoms with Crippen LogP contribution in [-0.4, -0.2) is 10.9 Å². The van der Waals surface area contributed by atoms with Crippen LogP contribution in [-0.2, 0) is 0 Å². The standard InChI is InChI=1S/C15H14N4OS/c1-8-18-13-3-2-12(7-14(13)21-8)19-15(20)9-4-10(16)6-11(17)5-9/h2-7H,16-17H2,1H3,(H,19,20). The Morgan fingerprint density at radius 1 is 1.14 bits per heavy atom. The molecule has 0 unspecified atom stereocenters. The fourth-order valence-electron chi connectivity index (χ4n) is 2.13. The van der Waals surface area contributed by atoms with Crippen molar-refractivity contribution in [3.05, 3.63) is 47.0 Å². The maximum atomic E-state index is 12.2. The van der Waals surface area contributed by atoms with Crippen molar-refractivity contribution in [2.75, 3.05) is 16.8 Å². The number of rotatable bonds is 2. The molecule has 3 aromatic rings. The molecule has 2 aromatic carbocycles. The zero-order chi connectivity index (χ0) is 15.0. The smallest absolute Gasteiger partial charge is 0.255 e. The predicted octanol–water partition coefficient (Wildman–Crippen LogP) is 3.02. The first-order chi connectivity index (χ1) is 10.0. The molecule has 0 fully saturated rings. The van der Waals surface area contributed by atoms with Crippen molar-refractivity contribution < 1.29 is 4.79 Å². The summed E-state index contributed by atoms with van der Waals surface area (Å²) in [5.41, 5.74) is 14.4. The molecule has 0 spiro atoms. The lowest BCUT2D eigenvalue weighted by molar-refractivity contribution is 0.102. The highest BCUT2D eigenvalue weighted by Crippen LogP contribution is 2.25. The van der Waals surface area contributed by atoms with Crippen LogP contribution in [0.1, 0.15) is 15.4 Å². The van der Waals surface area contributed by atoms with Crippen molar-refractivity contribution in [3.8, 4) is 0 Å². The molecule has 0 saturated carbocycles. The molecule has 21 heavy (non-hydrogen) atoms. The average molecular weight is 298 g/mol. The van der Waals surface area contributed by atoms with E-state index in [2.05, 4.69) is 10.3 Å². The number of hydrogen-bond donors (Lipinski definition) is 3. The second-order valence-corrected chi connectivity index (χ2v) is 5.99. The molecule has 0 aliphatic rings.